The van der Waals surface area contributed by atoms with Crippen LogP contribution in [0.3, 0.4) is 0 Å². The van der Waals surface area contributed by atoms with Crippen LogP contribution in [-0.2, 0) is 9.59 Å². The van der Waals surface area contributed by atoms with Gasteiger partial charge in [-0.3, -0.25) is 19.3 Å². The van der Waals surface area contributed by atoms with Gasteiger partial charge in [0.05, 0.1) is 32.6 Å². The molecule has 0 atom stereocenters. The lowest BCUT2D eigenvalue weighted by Gasteiger charge is -2.19. The average Bonchev–Trinajstić information content (AvgIpc) is 2.92. The summed E-state index contributed by atoms with van der Waals surface area (Å²) >= 11 is 0. The summed E-state index contributed by atoms with van der Waals surface area (Å²) in [5.41, 5.74) is 1.81. The largest absolute Gasteiger partial charge is 0.493 e. The number of amides is 2. The molecule has 0 unspecified atom stereocenters. The van der Waals surface area contributed by atoms with E-state index in [1.165, 1.54) is 27.4 Å². The number of nitrogens with zero attached hydrogens (tertiary/aromatic N) is 1. The number of para-hydroxylation sites is 1. The lowest BCUT2D eigenvalue weighted by atomic mass is 10.1. The summed E-state index contributed by atoms with van der Waals surface area (Å²) in [5.74, 6) is -1.44. The second-order valence-corrected chi connectivity index (χ2v) is 6.12. The molecule has 3 rings (SSSR count). The zero-order valence-corrected chi connectivity index (χ0v) is 16.0. The zero-order chi connectivity index (χ0) is 20.4. The Labute approximate surface area is 162 Å². The van der Waals surface area contributed by atoms with Crippen LogP contribution in [0.5, 0.6) is 17.2 Å². The number of aryl methyl sites for hydroxylation is 1. The number of hydrogen-bond acceptors (Lipinski definition) is 6. The molecule has 1 aliphatic rings. The van der Waals surface area contributed by atoms with Gasteiger partial charge in [0, 0.05) is 11.8 Å². The van der Waals surface area contributed by atoms with Gasteiger partial charge in [-0.2, -0.15) is 0 Å². The van der Waals surface area contributed by atoms with Crippen LogP contribution in [0.2, 0.25) is 0 Å². The van der Waals surface area contributed by atoms with E-state index >= 15 is 0 Å². The third-order valence-corrected chi connectivity index (χ3v) is 4.49. The zero-order valence-electron chi connectivity index (χ0n) is 16.0. The summed E-state index contributed by atoms with van der Waals surface area (Å²) in [6, 6.07) is 8.76. The first-order chi connectivity index (χ1) is 13.4. The van der Waals surface area contributed by atoms with Gasteiger partial charge in [-0.05, 0) is 18.6 Å². The minimum Gasteiger partial charge on any atom is -0.493 e. The fourth-order valence-electron chi connectivity index (χ4n) is 3.12. The first-order valence-corrected chi connectivity index (χ1v) is 8.47. The molecule has 0 radical (unpaired) electrons. The number of carbonyl (C=O) groups excluding carboxylic acids is 3. The van der Waals surface area contributed by atoms with Gasteiger partial charge >= 0.3 is 0 Å². The van der Waals surface area contributed by atoms with Crippen molar-refractivity contribution in [3.05, 3.63) is 41.5 Å². The standard InChI is InChI=1S/C20H20N2O6/c1-11-7-5-6-8-12(11)21-15(23)10-22-13-9-14(26-2)18(27-3)19(28-4)16(13)17(24)20(22)25/h5-9H,10H2,1-4H3,(H,21,23). The predicted octanol–water partition coefficient (Wildman–Crippen LogP) is 2.19. The van der Waals surface area contributed by atoms with E-state index in [0.29, 0.717) is 5.69 Å². The molecular formula is C20H20N2O6. The molecule has 28 heavy (non-hydrogen) atoms. The number of benzene rings is 2. The van der Waals surface area contributed by atoms with E-state index in [0.717, 1.165) is 10.5 Å². The summed E-state index contributed by atoms with van der Waals surface area (Å²) in [7, 11) is 4.20. The van der Waals surface area contributed by atoms with Crippen LogP contribution in [0.1, 0.15) is 15.9 Å². The molecule has 0 aliphatic carbocycles. The van der Waals surface area contributed by atoms with E-state index in [1.54, 1.807) is 12.1 Å². The van der Waals surface area contributed by atoms with Gasteiger partial charge in [0.25, 0.3) is 11.7 Å². The number of ketones is 1. The number of hydrogen-bond donors (Lipinski definition) is 1. The van der Waals surface area contributed by atoms with Crippen LogP contribution in [-0.4, -0.2) is 45.5 Å². The van der Waals surface area contributed by atoms with Gasteiger partial charge < -0.3 is 19.5 Å². The maximum atomic E-state index is 12.5. The van der Waals surface area contributed by atoms with Crippen molar-refractivity contribution in [2.45, 2.75) is 6.92 Å². The summed E-state index contributed by atoms with van der Waals surface area (Å²) in [6.45, 7) is 1.53. The highest BCUT2D eigenvalue weighted by Gasteiger charge is 2.42. The summed E-state index contributed by atoms with van der Waals surface area (Å²) in [6.07, 6.45) is 0. The Balaban J connectivity index is 1.97. The van der Waals surface area contributed by atoms with Crippen molar-refractivity contribution in [2.24, 2.45) is 0 Å². The van der Waals surface area contributed by atoms with Crippen molar-refractivity contribution in [3.8, 4) is 17.2 Å². The molecular weight excluding hydrogens is 364 g/mol. The number of Topliss-reactive ketones (excluding diaryl/α,β-unsaturated/α-hetero) is 1. The van der Waals surface area contributed by atoms with Crippen molar-refractivity contribution in [1.82, 2.24) is 0 Å². The van der Waals surface area contributed by atoms with Crippen molar-refractivity contribution in [2.75, 3.05) is 38.1 Å². The van der Waals surface area contributed by atoms with E-state index in [2.05, 4.69) is 5.32 Å². The average molecular weight is 384 g/mol. The molecule has 8 nitrogen and oxygen atoms in total. The smallest absolute Gasteiger partial charge is 0.300 e. The Bertz CT molecular complexity index is 969. The first-order valence-electron chi connectivity index (χ1n) is 8.47. The second kappa shape index (κ2) is 7.59. The van der Waals surface area contributed by atoms with Crippen LogP contribution in [0.4, 0.5) is 11.4 Å². The van der Waals surface area contributed by atoms with Gasteiger partial charge in [-0.15, -0.1) is 0 Å². The monoisotopic (exact) mass is 384 g/mol. The fourth-order valence-corrected chi connectivity index (χ4v) is 3.12. The maximum absolute atomic E-state index is 12.5. The van der Waals surface area contributed by atoms with E-state index < -0.39 is 17.6 Å². The van der Waals surface area contributed by atoms with Crippen molar-refractivity contribution < 1.29 is 28.6 Å². The minimum atomic E-state index is -0.816. The second-order valence-electron chi connectivity index (χ2n) is 6.12. The van der Waals surface area contributed by atoms with Crippen molar-refractivity contribution in [3.63, 3.8) is 0 Å². The quantitative estimate of drug-likeness (QED) is 0.768. The van der Waals surface area contributed by atoms with E-state index in [4.69, 9.17) is 14.2 Å². The molecule has 8 heteroatoms. The molecule has 0 saturated heterocycles. The molecule has 0 bridgehead atoms. The van der Waals surface area contributed by atoms with Crippen molar-refractivity contribution >= 4 is 29.0 Å². The van der Waals surface area contributed by atoms with Gasteiger partial charge in [0.2, 0.25) is 11.7 Å². The maximum Gasteiger partial charge on any atom is 0.300 e. The molecule has 1 aliphatic heterocycles. The van der Waals surface area contributed by atoms with E-state index in [1.807, 2.05) is 19.1 Å². The van der Waals surface area contributed by atoms with Crippen LogP contribution < -0.4 is 24.4 Å². The number of fused-ring (bicyclic) bond motifs is 1. The van der Waals surface area contributed by atoms with E-state index in [9.17, 15) is 14.4 Å². The molecule has 0 spiro atoms. The fraction of sp³-hybridized carbons (Fsp3) is 0.250. The lowest BCUT2D eigenvalue weighted by molar-refractivity contribution is -0.118. The molecule has 0 saturated carbocycles. The van der Waals surface area contributed by atoms with Crippen LogP contribution in [0.25, 0.3) is 0 Å². The highest BCUT2D eigenvalue weighted by molar-refractivity contribution is 6.53. The van der Waals surface area contributed by atoms with E-state index in [-0.39, 0.29) is 35.0 Å². The number of rotatable bonds is 6. The number of methoxy groups -OCH3 is 3. The topological polar surface area (TPSA) is 94.2 Å². The number of anilines is 2. The predicted molar refractivity (Wildman–Crippen MR) is 103 cm³/mol. The molecule has 0 aromatic heterocycles. The number of ether oxygens (including phenoxy) is 3. The van der Waals surface area contributed by atoms with Crippen LogP contribution in [0, 0.1) is 6.92 Å². The summed E-state index contributed by atoms with van der Waals surface area (Å²) in [4.78, 5) is 38.7. The van der Waals surface area contributed by atoms with Crippen LogP contribution in [0.15, 0.2) is 30.3 Å². The molecule has 2 aromatic rings. The third-order valence-electron chi connectivity index (χ3n) is 4.49. The minimum absolute atomic E-state index is 0.0499. The Hall–Kier alpha value is -3.55. The summed E-state index contributed by atoms with van der Waals surface area (Å²) < 4.78 is 15.8. The Kier molecular flexibility index (Phi) is 5.21. The highest BCUT2D eigenvalue weighted by atomic mass is 16.5. The third kappa shape index (κ3) is 3.13. The Morgan fingerprint density at radius 1 is 1.04 bits per heavy atom. The number of nitrogens with one attached hydrogen (secondary N) is 1. The lowest BCUT2D eigenvalue weighted by Crippen LogP contribution is -2.37. The normalized spacial score (nSPS) is 12.6. The van der Waals surface area contributed by atoms with Gasteiger partial charge in [0.1, 0.15) is 6.54 Å². The highest BCUT2D eigenvalue weighted by Crippen LogP contribution is 2.47. The Morgan fingerprint density at radius 2 is 1.71 bits per heavy atom. The van der Waals surface area contributed by atoms with Crippen molar-refractivity contribution in [1.29, 1.82) is 0 Å². The van der Waals surface area contributed by atoms with Gasteiger partial charge in [0.15, 0.2) is 11.5 Å². The molecule has 2 amide bonds. The van der Waals surface area contributed by atoms with Gasteiger partial charge in [-0.25, -0.2) is 0 Å². The molecule has 1 heterocycles. The number of carbonyl (C=O) groups is 3. The molecule has 1 N–H and O–H groups in total. The summed E-state index contributed by atoms with van der Waals surface area (Å²) in [5, 5.41) is 2.75. The van der Waals surface area contributed by atoms with Gasteiger partial charge in [-0.1, -0.05) is 18.2 Å². The SMILES string of the molecule is COc1cc2c(c(OC)c1OC)C(=O)C(=O)N2CC(=O)Nc1ccccc1C. The molecule has 2 aromatic carbocycles. The Morgan fingerprint density at radius 3 is 2.32 bits per heavy atom. The first kappa shape index (κ1) is 19.2. The van der Waals surface area contributed by atoms with Crippen LogP contribution >= 0.6 is 0 Å². The molecule has 146 valence electrons. The molecule has 0 fully saturated rings.